The number of aromatic nitrogens is 3. The molecular formula is C9H12N4O2S. The molecule has 0 spiro atoms. The van der Waals surface area contributed by atoms with E-state index in [0.717, 1.165) is 18.2 Å². The molecule has 0 saturated carbocycles. The Hall–Kier alpha value is -1.63. The highest BCUT2D eigenvalue weighted by atomic mass is 32.2. The maximum atomic E-state index is 11.0. The molecule has 0 aromatic carbocycles. The average Bonchev–Trinajstić information content (AvgIpc) is 2.55. The van der Waals surface area contributed by atoms with Crippen LogP contribution in [0.4, 0.5) is 5.95 Å². The van der Waals surface area contributed by atoms with E-state index in [1.54, 1.807) is 6.20 Å². The SMILES string of the molecule is CCc1cnc2[nH]c(NS(C)(=O)=O)nc2c1. The first-order chi connectivity index (χ1) is 7.48. The summed E-state index contributed by atoms with van der Waals surface area (Å²) in [5, 5.41) is 0. The van der Waals surface area contributed by atoms with E-state index in [0.29, 0.717) is 11.2 Å². The van der Waals surface area contributed by atoms with Crippen LogP contribution in [0, 0.1) is 0 Å². The molecule has 16 heavy (non-hydrogen) atoms. The minimum Gasteiger partial charge on any atom is -0.308 e. The van der Waals surface area contributed by atoms with Gasteiger partial charge >= 0.3 is 0 Å². The predicted octanol–water partition coefficient (Wildman–Crippen LogP) is 0.892. The summed E-state index contributed by atoms with van der Waals surface area (Å²) in [5.41, 5.74) is 2.29. The van der Waals surface area contributed by atoms with Gasteiger partial charge in [0.2, 0.25) is 16.0 Å². The number of anilines is 1. The van der Waals surface area contributed by atoms with Crippen LogP contribution in [0.5, 0.6) is 0 Å². The number of aromatic amines is 1. The zero-order chi connectivity index (χ0) is 11.8. The summed E-state index contributed by atoms with van der Waals surface area (Å²) in [6.45, 7) is 2.02. The molecule has 0 atom stereocenters. The number of rotatable bonds is 3. The number of fused-ring (bicyclic) bond motifs is 1. The van der Waals surface area contributed by atoms with E-state index in [1.807, 2.05) is 13.0 Å². The molecule has 0 radical (unpaired) electrons. The van der Waals surface area contributed by atoms with Gasteiger partial charge in [-0.05, 0) is 18.1 Å². The second-order valence-electron chi connectivity index (χ2n) is 3.52. The predicted molar refractivity (Wildman–Crippen MR) is 61.7 cm³/mol. The van der Waals surface area contributed by atoms with Gasteiger partial charge in [-0.15, -0.1) is 0 Å². The third-order valence-electron chi connectivity index (χ3n) is 2.08. The number of H-pyrrole nitrogens is 1. The highest BCUT2D eigenvalue weighted by Gasteiger charge is 2.08. The first-order valence-corrected chi connectivity index (χ1v) is 6.69. The van der Waals surface area contributed by atoms with E-state index in [4.69, 9.17) is 0 Å². The van der Waals surface area contributed by atoms with Crippen molar-refractivity contribution in [2.75, 3.05) is 11.0 Å². The minimum absolute atomic E-state index is 0.193. The second-order valence-corrected chi connectivity index (χ2v) is 5.27. The fraction of sp³-hybridized carbons (Fsp3) is 0.333. The summed E-state index contributed by atoms with van der Waals surface area (Å²) in [4.78, 5) is 11.0. The molecular weight excluding hydrogens is 228 g/mol. The molecule has 2 aromatic heterocycles. The zero-order valence-electron chi connectivity index (χ0n) is 8.98. The molecule has 0 aliphatic heterocycles. The molecule has 0 unspecified atom stereocenters. The molecule has 0 amide bonds. The first kappa shape index (κ1) is 10.9. The molecule has 0 aliphatic carbocycles. The van der Waals surface area contributed by atoms with E-state index in [9.17, 15) is 8.42 Å². The standard InChI is InChI=1S/C9H12N4O2S/c1-3-6-4-7-8(10-5-6)12-9(11-7)13-16(2,14)15/h4-5H,3H2,1-2H3,(H2,10,11,12,13). The monoisotopic (exact) mass is 240 g/mol. The van der Waals surface area contributed by atoms with Crippen LogP contribution in [0.25, 0.3) is 11.2 Å². The van der Waals surface area contributed by atoms with Gasteiger partial charge < -0.3 is 4.98 Å². The van der Waals surface area contributed by atoms with Crippen LogP contribution in [0.1, 0.15) is 12.5 Å². The smallest absolute Gasteiger partial charge is 0.232 e. The third-order valence-corrected chi connectivity index (χ3v) is 2.65. The molecule has 2 N–H and O–H groups in total. The number of hydrogen-bond acceptors (Lipinski definition) is 4. The van der Waals surface area contributed by atoms with Gasteiger partial charge in [0.25, 0.3) is 0 Å². The Labute approximate surface area is 93.2 Å². The third kappa shape index (κ3) is 2.30. The van der Waals surface area contributed by atoms with Crippen molar-refractivity contribution < 1.29 is 8.42 Å². The van der Waals surface area contributed by atoms with Gasteiger partial charge in [0.1, 0.15) is 5.52 Å². The molecule has 2 heterocycles. The van der Waals surface area contributed by atoms with Crippen LogP contribution < -0.4 is 4.72 Å². The summed E-state index contributed by atoms with van der Waals surface area (Å²) in [6.07, 6.45) is 3.68. The van der Waals surface area contributed by atoms with Crippen LogP contribution in [-0.2, 0) is 16.4 Å². The average molecular weight is 240 g/mol. The molecule has 7 heteroatoms. The topological polar surface area (TPSA) is 87.7 Å². The van der Waals surface area contributed by atoms with Crippen molar-refractivity contribution in [1.82, 2.24) is 15.0 Å². The van der Waals surface area contributed by atoms with Crippen LogP contribution in [0.3, 0.4) is 0 Å². The number of sulfonamides is 1. The van der Waals surface area contributed by atoms with Gasteiger partial charge in [-0.2, -0.15) is 0 Å². The molecule has 0 fully saturated rings. The maximum absolute atomic E-state index is 11.0. The molecule has 2 rings (SSSR count). The first-order valence-electron chi connectivity index (χ1n) is 4.80. The van der Waals surface area contributed by atoms with Gasteiger partial charge in [0, 0.05) is 6.20 Å². The Morgan fingerprint density at radius 3 is 2.88 bits per heavy atom. The lowest BCUT2D eigenvalue weighted by Crippen LogP contribution is -2.10. The van der Waals surface area contributed by atoms with Gasteiger partial charge in [-0.3, -0.25) is 4.72 Å². The summed E-state index contributed by atoms with van der Waals surface area (Å²) >= 11 is 0. The normalized spacial score (nSPS) is 11.9. The highest BCUT2D eigenvalue weighted by Crippen LogP contribution is 2.14. The van der Waals surface area contributed by atoms with Crippen molar-refractivity contribution in [1.29, 1.82) is 0 Å². The van der Waals surface area contributed by atoms with Crippen molar-refractivity contribution in [3.63, 3.8) is 0 Å². The number of imidazole rings is 1. The molecule has 0 bridgehead atoms. The molecule has 6 nitrogen and oxygen atoms in total. The van der Waals surface area contributed by atoms with E-state index >= 15 is 0 Å². The van der Waals surface area contributed by atoms with Crippen molar-refractivity contribution in [2.24, 2.45) is 0 Å². The van der Waals surface area contributed by atoms with Crippen LogP contribution in [0.2, 0.25) is 0 Å². The molecule has 0 aliphatic rings. The lowest BCUT2D eigenvalue weighted by atomic mass is 10.2. The molecule has 86 valence electrons. The molecule has 0 saturated heterocycles. The summed E-state index contributed by atoms with van der Waals surface area (Å²) in [5.74, 6) is 0.193. The van der Waals surface area contributed by atoms with E-state index < -0.39 is 10.0 Å². The lowest BCUT2D eigenvalue weighted by Gasteiger charge is -1.95. The number of nitrogens with one attached hydrogen (secondary N) is 2. The Kier molecular flexibility index (Phi) is 2.55. The van der Waals surface area contributed by atoms with Gasteiger partial charge in [0.15, 0.2) is 5.65 Å². The number of aryl methyl sites for hydroxylation is 1. The lowest BCUT2D eigenvalue weighted by molar-refractivity contribution is 0.606. The Morgan fingerprint density at radius 2 is 2.25 bits per heavy atom. The Bertz CT molecular complexity index is 617. The fourth-order valence-electron chi connectivity index (χ4n) is 1.35. The molecule has 2 aromatic rings. The fourth-order valence-corrected chi connectivity index (χ4v) is 1.80. The van der Waals surface area contributed by atoms with E-state index in [1.165, 1.54) is 0 Å². The van der Waals surface area contributed by atoms with Crippen molar-refractivity contribution in [3.8, 4) is 0 Å². The van der Waals surface area contributed by atoms with Crippen LogP contribution in [0.15, 0.2) is 12.3 Å². The maximum Gasteiger partial charge on any atom is 0.232 e. The van der Waals surface area contributed by atoms with Crippen LogP contribution in [-0.4, -0.2) is 29.6 Å². The second kappa shape index (κ2) is 3.75. The number of hydrogen-bond donors (Lipinski definition) is 2. The number of pyridine rings is 1. The van der Waals surface area contributed by atoms with Crippen molar-refractivity contribution in [2.45, 2.75) is 13.3 Å². The number of nitrogens with zero attached hydrogens (tertiary/aromatic N) is 2. The summed E-state index contributed by atoms with van der Waals surface area (Å²) in [6, 6.07) is 1.88. The van der Waals surface area contributed by atoms with Crippen LogP contribution >= 0.6 is 0 Å². The van der Waals surface area contributed by atoms with E-state index in [-0.39, 0.29) is 5.95 Å². The zero-order valence-corrected chi connectivity index (χ0v) is 9.80. The largest absolute Gasteiger partial charge is 0.308 e. The summed E-state index contributed by atoms with van der Waals surface area (Å²) in [7, 11) is -3.31. The van der Waals surface area contributed by atoms with Gasteiger partial charge in [-0.1, -0.05) is 6.92 Å². The quantitative estimate of drug-likeness (QED) is 0.834. The Balaban J connectivity index is 2.44. The summed E-state index contributed by atoms with van der Waals surface area (Å²) < 4.78 is 24.3. The minimum atomic E-state index is -3.31. The van der Waals surface area contributed by atoms with E-state index in [2.05, 4.69) is 19.7 Å². The van der Waals surface area contributed by atoms with Crippen molar-refractivity contribution >= 4 is 27.1 Å². The van der Waals surface area contributed by atoms with Gasteiger partial charge in [-0.25, -0.2) is 18.4 Å². The highest BCUT2D eigenvalue weighted by molar-refractivity contribution is 7.91. The van der Waals surface area contributed by atoms with Gasteiger partial charge in [0.05, 0.1) is 6.26 Å². The van der Waals surface area contributed by atoms with Crippen molar-refractivity contribution in [3.05, 3.63) is 17.8 Å². The Morgan fingerprint density at radius 1 is 1.50 bits per heavy atom.